The second-order valence-electron chi connectivity index (χ2n) is 8.06. The Hall–Kier alpha value is -3.14. The third-order valence-electron chi connectivity index (χ3n) is 5.37. The number of nitrogens with one attached hydrogen (secondary N) is 1. The second-order valence-corrected chi connectivity index (χ2v) is 9.96. The van der Waals surface area contributed by atoms with Crippen LogP contribution in [0, 0.1) is 5.82 Å². The second kappa shape index (κ2) is 13.1. The first-order chi connectivity index (χ1) is 16.6. The van der Waals surface area contributed by atoms with Gasteiger partial charge in [-0.05, 0) is 57.0 Å². The Labute approximate surface area is 207 Å². The third-order valence-corrected chi connectivity index (χ3v) is 6.55. The van der Waals surface area contributed by atoms with Gasteiger partial charge >= 0.3 is 0 Å². The number of ether oxygens (including phenoxy) is 1. The van der Waals surface area contributed by atoms with Crippen LogP contribution in [0.25, 0.3) is 0 Å². The molecule has 2 amide bonds. The van der Waals surface area contributed by atoms with Crippen LogP contribution in [0.15, 0.2) is 48.5 Å². The lowest BCUT2D eigenvalue weighted by Gasteiger charge is -2.29. The molecule has 0 aliphatic rings. The molecule has 1 N–H and O–H groups in total. The average molecular weight is 508 g/mol. The number of likely N-dealkylation sites (N-methyl/N-ethyl adjacent to an activating group) is 1. The van der Waals surface area contributed by atoms with Gasteiger partial charge in [0.15, 0.2) is 0 Å². The summed E-state index contributed by atoms with van der Waals surface area (Å²) in [7, 11) is -3.64. The Morgan fingerprint density at radius 2 is 1.74 bits per heavy atom. The van der Waals surface area contributed by atoms with Gasteiger partial charge in [-0.15, -0.1) is 0 Å². The molecule has 0 aromatic heterocycles. The summed E-state index contributed by atoms with van der Waals surface area (Å²) in [5.74, 6) is -0.558. The first-order valence-corrected chi connectivity index (χ1v) is 13.4. The van der Waals surface area contributed by atoms with E-state index in [1.54, 1.807) is 50.2 Å². The predicted molar refractivity (Wildman–Crippen MR) is 134 cm³/mol. The van der Waals surface area contributed by atoms with E-state index >= 15 is 0 Å². The fourth-order valence-corrected chi connectivity index (χ4v) is 4.58. The number of hydrogen-bond donors (Lipinski definition) is 1. The van der Waals surface area contributed by atoms with Crippen molar-refractivity contribution < 1.29 is 27.1 Å². The maximum Gasteiger partial charge on any atom is 0.242 e. The number of carbonyl (C=O) groups is 2. The SMILES string of the molecule is CCNC(=O)C(C)N(Cc1ccc(F)cc1)C(=O)CCCN(c1ccccc1OCC)S(C)(=O)=O. The van der Waals surface area contributed by atoms with Crippen LogP contribution in [-0.2, 0) is 26.2 Å². The van der Waals surface area contributed by atoms with Crippen LogP contribution in [0.1, 0.15) is 39.2 Å². The molecule has 192 valence electrons. The molecule has 0 fully saturated rings. The van der Waals surface area contributed by atoms with Crippen LogP contribution in [0.3, 0.4) is 0 Å². The van der Waals surface area contributed by atoms with Gasteiger partial charge in [0.25, 0.3) is 0 Å². The Balaban J connectivity index is 2.18. The highest BCUT2D eigenvalue weighted by Crippen LogP contribution is 2.30. The number of benzene rings is 2. The lowest BCUT2D eigenvalue weighted by Crippen LogP contribution is -2.47. The van der Waals surface area contributed by atoms with Crippen molar-refractivity contribution in [3.05, 3.63) is 59.9 Å². The normalized spacial score (nSPS) is 12.0. The van der Waals surface area contributed by atoms with Crippen molar-refractivity contribution in [1.82, 2.24) is 10.2 Å². The van der Waals surface area contributed by atoms with E-state index in [4.69, 9.17) is 4.74 Å². The first kappa shape index (κ1) is 28.1. The zero-order chi connectivity index (χ0) is 26.0. The molecule has 0 saturated heterocycles. The number of rotatable bonds is 13. The minimum Gasteiger partial charge on any atom is -0.492 e. The van der Waals surface area contributed by atoms with Gasteiger partial charge in [-0.2, -0.15) is 0 Å². The molecule has 0 aliphatic carbocycles. The molecule has 0 radical (unpaired) electrons. The molecule has 0 heterocycles. The van der Waals surface area contributed by atoms with Crippen molar-refractivity contribution in [3.8, 4) is 5.75 Å². The number of halogens is 1. The molecule has 1 atom stereocenters. The molecule has 2 aromatic rings. The van der Waals surface area contributed by atoms with Crippen molar-refractivity contribution in [2.45, 2.75) is 46.2 Å². The largest absolute Gasteiger partial charge is 0.492 e. The van der Waals surface area contributed by atoms with Crippen molar-refractivity contribution in [3.63, 3.8) is 0 Å². The van der Waals surface area contributed by atoms with Gasteiger partial charge in [-0.25, -0.2) is 12.8 Å². The molecule has 0 aliphatic heterocycles. The molecule has 8 nitrogen and oxygen atoms in total. The number of nitrogens with zero attached hydrogens (tertiary/aromatic N) is 2. The number of sulfonamides is 1. The standard InChI is InChI=1S/C25H34FN3O5S/c1-5-27-25(31)19(3)28(18-20-13-15-21(26)16-14-20)24(30)12-9-17-29(35(4,32)33)22-10-7-8-11-23(22)34-6-2/h7-8,10-11,13-16,19H,5-6,9,12,17-18H2,1-4H3,(H,27,31). The Kier molecular flexibility index (Phi) is 10.5. The van der Waals surface area contributed by atoms with E-state index in [0.29, 0.717) is 30.2 Å². The summed E-state index contributed by atoms with van der Waals surface area (Å²) in [4.78, 5) is 27.1. The van der Waals surface area contributed by atoms with E-state index in [9.17, 15) is 22.4 Å². The summed E-state index contributed by atoms with van der Waals surface area (Å²) in [5.41, 5.74) is 1.09. The summed E-state index contributed by atoms with van der Waals surface area (Å²) >= 11 is 0. The van der Waals surface area contributed by atoms with Crippen molar-refractivity contribution in [2.24, 2.45) is 0 Å². The summed E-state index contributed by atoms with van der Waals surface area (Å²) in [6.45, 7) is 6.22. The number of para-hydroxylation sites is 2. The Morgan fingerprint density at radius 3 is 2.34 bits per heavy atom. The lowest BCUT2D eigenvalue weighted by molar-refractivity contribution is -0.140. The van der Waals surface area contributed by atoms with Crippen LogP contribution < -0.4 is 14.4 Å². The number of hydrogen-bond acceptors (Lipinski definition) is 5. The van der Waals surface area contributed by atoms with Crippen molar-refractivity contribution in [2.75, 3.05) is 30.3 Å². The van der Waals surface area contributed by atoms with Gasteiger partial charge in [0, 0.05) is 26.1 Å². The molecular weight excluding hydrogens is 473 g/mol. The van der Waals surface area contributed by atoms with Gasteiger partial charge in [-0.3, -0.25) is 13.9 Å². The van der Waals surface area contributed by atoms with E-state index in [1.807, 2.05) is 6.92 Å². The van der Waals surface area contributed by atoms with Gasteiger partial charge in [-0.1, -0.05) is 24.3 Å². The third kappa shape index (κ3) is 8.24. The average Bonchev–Trinajstić information content (AvgIpc) is 2.81. The molecule has 2 rings (SSSR count). The van der Waals surface area contributed by atoms with Crippen LogP contribution >= 0.6 is 0 Å². The first-order valence-electron chi connectivity index (χ1n) is 11.6. The van der Waals surface area contributed by atoms with Crippen LogP contribution in [-0.4, -0.2) is 57.1 Å². The topological polar surface area (TPSA) is 96.0 Å². The van der Waals surface area contributed by atoms with Crippen molar-refractivity contribution in [1.29, 1.82) is 0 Å². The molecule has 2 aromatic carbocycles. The van der Waals surface area contributed by atoms with E-state index in [2.05, 4.69) is 5.32 Å². The number of anilines is 1. The van der Waals surface area contributed by atoms with E-state index in [0.717, 1.165) is 6.26 Å². The summed E-state index contributed by atoms with van der Waals surface area (Å²) in [6, 6.07) is 11.8. The molecule has 0 bridgehead atoms. The molecular formula is C25H34FN3O5S. The predicted octanol–water partition coefficient (Wildman–Crippen LogP) is 3.32. The summed E-state index contributed by atoms with van der Waals surface area (Å²) in [6.07, 6.45) is 1.36. The molecule has 10 heteroatoms. The van der Waals surface area contributed by atoms with Crippen LogP contribution in [0.2, 0.25) is 0 Å². The molecule has 1 unspecified atom stereocenters. The smallest absolute Gasteiger partial charge is 0.242 e. The van der Waals surface area contributed by atoms with E-state index < -0.39 is 21.9 Å². The number of amides is 2. The minimum absolute atomic E-state index is 0.0216. The highest BCUT2D eigenvalue weighted by molar-refractivity contribution is 7.92. The maximum absolute atomic E-state index is 13.3. The van der Waals surface area contributed by atoms with Gasteiger partial charge < -0.3 is 15.0 Å². The minimum atomic E-state index is -3.64. The fourth-order valence-electron chi connectivity index (χ4n) is 3.61. The Bertz CT molecular complexity index is 1090. The van der Waals surface area contributed by atoms with Crippen LogP contribution in [0.4, 0.5) is 10.1 Å². The quantitative estimate of drug-likeness (QED) is 0.449. The zero-order valence-corrected chi connectivity index (χ0v) is 21.5. The highest BCUT2D eigenvalue weighted by Gasteiger charge is 2.27. The van der Waals surface area contributed by atoms with Crippen LogP contribution in [0.5, 0.6) is 5.75 Å². The summed E-state index contributed by atoms with van der Waals surface area (Å²) in [5, 5.41) is 2.72. The Morgan fingerprint density at radius 1 is 1.09 bits per heavy atom. The van der Waals surface area contributed by atoms with E-state index in [-0.39, 0.29) is 37.7 Å². The number of carbonyl (C=O) groups excluding carboxylic acids is 2. The zero-order valence-electron chi connectivity index (χ0n) is 20.7. The van der Waals surface area contributed by atoms with Gasteiger partial charge in [0.1, 0.15) is 17.6 Å². The van der Waals surface area contributed by atoms with E-state index in [1.165, 1.54) is 21.3 Å². The van der Waals surface area contributed by atoms with Gasteiger partial charge in [0.05, 0.1) is 18.6 Å². The fraction of sp³-hybridized carbons (Fsp3) is 0.440. The lowest BCUT2D eigenvalue weighted by atomic mass is 10.1. The monoisotopic (exact) mass is 507 g/mol. The van der Waals surface area contributed by atoms with Gasteiger partial charge in [0.2, 0.25) is 21.8 Å². The highest BCUT2D eigenvalue weighted by atomic mass is 32.2. The maximum atomic E-state index is 13.3. The summed E-state index contributed by atoms with van der Waals surface area (Å²) < 4.78 is 45.2. The molecule has 35 heavy (non-hydrogen) atoms. The molecule has 0 saturated carbocycles. The molecule has 0 spiro atoms. The van der Waals surface area contributed by atoms with Crippen molar-refractivity contribution >= 4 is 27.5 Å².